The van der Waals surface area contributed by atoms with Gasteiger partial charge in [0.05, 0.1) is 17.5 Å². The van der Waals surface area contributed by atoms with Gasteiger partial charge in [-0.05, 0) is 105 Å². The van der Waals surface area contributed by atoms with Gasteiger partial charge in [-0.2, -0.15) is 0 Å². The molecule has 4 atom stereocenters. The standard InChI is InChI=1S/C33H39ClN2O4S/c1-3-27-9-5-4-7-22(2)28-13-10-25(28)19-36-20-33(16-6-8-23-17-26(34)12-14-29(23)33)21-40-31-15-11-24(18-30(31)36)32(37)35-41(27,38)39/h4,7,11-12,14-15,17-18,25,27-28H,2-3,5-6,8-10,13,16,19-21H2,1H3,(H,35,37)/b7-4-/t25-,27+,28-,33-/m0/s1. The lowest BCUT2D eigenvalue weighted by molar-refractivity contribution is 0.0981. The Balaban J connectivity index is 1.42. The molecule has 4 aliphatic rings. The van der Waals surface area contributed by atoms with E-state index >= 15 is 0 Å². The minimum absolute atomic E-state index is 0.214. The molecular weight excluding hydrogens is 556 g/mol. The Hall–Kier alpha value is -2.77. The van der Waals surface area contributed by atoms with E-state index in [-0.39, 0.29) is 5.41 Å². The number of ether oxygens (including phenoxy) is 1. The zero-order valence-corrected chi connectivity index (χ0v) is 25.3. The smallest absolute Gasteiger partial charge is 0.264 e. The lowest BCUT2D eigenvalue weighted by atomic mass is 9.68. The largest absolute Gasteiger partial charge is 0.490 e. The van der Waals surface area contributed by atoms with Crippen LogP contribution in [0.1, 0.15) is 73.4 Å². The number of carbonyl (C=O) groups is 1. The summed E-state index contributed by atoms with van der Waals surface area (Å²) in [6.45, 7) is 8.36. The van der Waals surface area contributed by atoms with Crippen LogP contribution in [0.2, 0.25) is 5.02 Å². The molecule has 1 fully saturated rings. The maximum Gasteiger partial charge on any atom is 0.264 e. The molecule has 0 unspecified atom stereocenters. The fraction of sp³-hybridized carbons (Fsp3) is 0.485. The number of fused-ring (bicyclic) bond motifs is 4. The predicted octanol–water partition coefficient (Wildman–Crippen LogP) is 6.58. The Morgan fingerprint density at radius 3 is 2.80 bits per heavy atom. The molecule has 2 bridgehead atoms. The van der Waals surface area contributed by atoms with Gasteiger partial charge in [0.15, 0.2) is 0 Å². The average molecular weight is 595 g/mol. The number of anilines is 1. The lowest BCUT2D eigenvalue weighted by Crippen LogP contribution is -2.48. The highest BCUT2D eigenvalue weighted by molar-refractivity contribution is 7.90. The first-order chi connectivity index (χ1) is 19.7. The summed E-state index contributed by atoms with van der Waals surface area (Å²) in [7, 11) is -3.83. The van der Waals surface area contributed by atoms with Gasteiger partial charge in [-0.25, -0.2) is 13.1 Å². The van der Waals surface area contributed by atoms with E-state index in [1.54, 1.807) is 6.07 Å². The highest BCUT2D eigenvalue weighted by Gasteiger charge is 2.43. The molecule has 2 aromatic rings. The van der Waals surface area contributed by atoms with Gasteiger partial charge in [0.25, 0.3) is 5.91 Å². The van der Waals surface area contributed by atoms with Crippen molar-refractivity contribution in [3.8, 4) is 5.75 Å². The summed E-state index contributed by atoms with van der Waals surface area (Å²) >= 11 is 6.39. The molecule has 1 amide bonds. The zero-order valence-electron chi connectivity index (χ0n) is 23.7. The van der Waals surface area contributed by atoms with Crippen LogP contribution in [0.4, 0.5) is 5.69 Å². The minimum Gasteiger partial charge on any atom is -0.490 e. The van der Waals surface area contributed by atoms with Crippen molar-refractivity contribution in [1.29, 1.82) is 0 Å². The molecule has 6 nitrogen and oxygen atoms in total. The topological polar surface area (TPSA) is 75.7 Å². The van der Waals surface area contributed by atoms with E-state index in [0.29, 0.717) is 43.3 Å². The SMILES string of the molecule is C=C1/C=C\CC[C@@H](CC)S(=O)(=O)NC(=O)c2ccc3c(c2)N(C[C@@H]2CC[C@@H]12)C[C@@]1(CCCc2cc(Cl)ccc21)CO3. The number of halogens is 1. The number of allylic oxidation sites excluding steroid dienone is 3. The fourth-order valence-electron chi connectivity index (χ4n) is 7.30. The normalized spacial score (nSPS) is 30.2. The van der Waals surface area contributed by atoms with E-state index in [9.17, 15) is 13.2 Å². The maximum absolute atomic E-state index is 13.3. The maximum atomic E-state index is 13.3. The first-order valence-corrected chi connectivity index (χ1v) is 16.8. The Bertz CT molecular complexity index is 1500. The van der Waals surface area contributed by atoms with E-state index in [4.69, 9.17) is 16.3 Å². The van der Waals surface area contributed by atoms with Gasteiger partial charge >= 0.3 is 0 Å². The van der Waals surface area contributed by atoms with Crippen molar-refractivity contribution >= 4 is 33.2 Å². The van der Waals surface area contributed by atoms with Crippen molar-refractivity contribution in [2.24, 2.45) is 11.8 Å². The summed E-state index contributed by atoms with van der Waals surface area (Å²) in [6.07, 6.45) is 10.9. The lowest BCUT2D eigenvalue weighted by Gasteiger charge is -2.45. The van der Waals surface area contributed by atoms with E-state index < -0.39 is 21.2 Å². The molecule has 2 aliphatic heterocycles. The van der Waals surface area contributed by atoms with Crippen molar-refractivity contribution in [3.63, 3.8) is 0 Å². The van der Waals surface area contributed by atoms with Gasteiger partial charge in [-0.15, -0.1) is 0 Å². The number of nitrogens with one attached hydrogen (secondary N) is 1. The number of rotatable bonds is 1. The Morgan fingerprint density at radius 2 is 2.02 bits per heavy atom. The van der Waals surface area contributed by atoms with Crippen LogP contribution in [0.5, 0.6) is 5.75 Å². The molecule has 2 heterocycles. The molecule has 1 spiro atoms. The van der Waals surface area contributed by atoms with Crippen LogP contribution < -0.4 is 14.4 Å². The second-order valence-electron chi connectivity index (χ2n) is 12.3. The van der Waals surface area contributed by atoms with Gasteiger partial charge < -0.3 is 9.64 Å². The van der Waals surface area contributed by atoms with Crippen molar-refractivity contribution in [1.82, 2.24) is 4.72 Å². The molecule has 0 radical (unpaired) electrons. The first-order valence-electron chi connectivity index (χ1n) is 14.9. The van der Waals surface area contributed by atoms with Crippen LogP contribution in [0.25, 0.3) is 0 Å². The van der Waals surface area contributed by atoms with Gasteiger partial charge in [-0.3, -0.25) is 4.79 Å². The van der Waals surface area contributed by atoms with Crippen molar-refractivity contribution in [2.45, 2.75) is 69.0 Å². The molecule has 0 saturated heterocycles. The molecule has 0 aromatic heterocycles. The molecular formula is C33H39ClN2O4S. The Labute approximate surface area is 248 Å². The van der Waals surface area contributed by atoms with Crippen LogP contribution in [-0.4, -0.2) is 39.3 Å². The third-order valence-corrected chi connectivity index (χ3v) is 11.9. The number of nitrogens with zero attached hydrogens (tertiary/aromatic N) is 1. The predicted molar refractivity (Wildman–Crippen MR) is 164 cm³/mol. The van der Waals surface area contributed by atoms with E-state index in [2.05, 4.69) is 34.4 Å². The molecule has 8 heteroatoms. The molecule has 1 N–H and O–H groups in total. The van der Waals surface area contributed by atoms with Gasteiger partial charge in [-0.1, -0.05) is 48.9 Å². The van der Waals surface area contributed by atoms with Crippen molar-refractivity contribution < 1.29 is 17.9 Å². The molecule has 6 rings (SSSR count). The van der Waals surface area contributed by atoms with Crippen LogP contribution in [0.3, 0.4) is 0 Å². The number of carbonyl (C=O) groups excluding carboxylic acids is 1. The summed E-state index contributed by atoms with van der Waals surface area (Å²) in [5, 5.41) is 0.109. The monoisotopic (exact) mass is 594 g/mol. The summed E-state index contributed by atoms with van der Waals surface area (Å²) in [4.78, 5) is 15.7. The molecule has 1 saturated carbocycles. The van der Waals surface area contributed by atoms with Gasteiger partial charge in [0, 0.05) is 29.1 Å². The van der Waals surface area contributed by atoms with Gasteiger partial charge in [0.2, 0.25) is 10.0 Å². The molecule has 218 valence electrons. The second-order valence-corrected chi connectivity index (χ2v) is 14.7. The number of amides is 1. The quantitative estimate of drug-likeness (QED) is 0.403. The van der Waals surface area contributed by atoms with Crippen LogP contribution in [-0.2, 0) is 21.9 Å². The average Bonchev–Trinajstić information content (AvgIpc) is 3.07. The summed E-state index contributed by atoms with van der Waals surface area (Å²) < 4.78 is 35.3. The number of benzene rings is 2. The van der Waals surface area contributed by atoms with Crippen molar-refractivity contribution in [3.05, 3.63) is 82.4 Å². The molecule has 41 heavy (non-hydrogen) atoms. The van der Waals surface area contributed by atoms with E-state index in [1.165, 1.54) is 11.1 Å². The van der Waals surface area contributed by atoms with Crippen LogP contribution in [0, 0.1) is 11.8 Å². The highest BCUT2D eigenvalue weighted by Crippen LogP contribution is 2.47. The summed E-state index contributed by atoms with van der Waals surface area (Å²) in [6, 6.07) is 11.6. The third-order valence-electron chi connectivity index (χ3n) is 9.76. The highest BCUT2D eigenvalue weighted by atomic mass is 35.5. The number of hydrogen-bond donors (Lipinski definition) is 1. The van der Waals surface area contributed by atoms with E-state index in [0.717, 1.165) is 67.2 Å². The third kappa shape index (κ3) is 5.43. The fourth-order valence-corrected chi connectivity index (χ4v) is 8.93. The van der Waals surface area contributed by atoms with Crippen molar-refractivity contribution in [2.75, 3.05) is 24.6 Å². The summed E-state index contributed by atoms with van der Waals surface area (Å²) in [5.74, 6) is 0.958. The zero-order chi connectivity index (χ0) is 28.8. The molecule has 2 aliphatic carbocycles. The summed E-state index contributed by atoms with van der Waals surface area (Å²) in [5.41, 5.74) is 4.64. The second kappa shape index (κ2) is 11.1. The first kappa shape index (κ1) is 28.4. The Morgan fingerprint density at radius 1 is 1.17 bits per heavy atom. The number of hydrogen-bond acceptors (Lipinski definition) is 5. The number of aryl methyl sites for hydroxylation is 1. The van der Waals surface area contributed by atoms with E-state index in [1.807, 2.05) is 31.2 Å². The molecule has 2 aromatic carbocycles. The Kier molecular flexibility index (Phi) is 7.70. The van der Waals surface area contributed by atoms with Crippen LogP contribution >= 0.6 is 11.6 Å². The minimum atomic E-state index is -3.83. The van der Waals surface area contributed by atoms with Crippen LogP contribution in [0.15, 0.2) is 60.7 Å². The van der Waals surface area contributed by atoms with Gasteiger partial charge in [0.1, 0.15) is 5.75 Å². The number of sulfonamides is 1.